The third-order valence-corrected chi connectivity index (χ3v) is 5.07. The number of hydrogen-bond acceptors (Lipinski definition) is 4. The zero-order valence-corrected chi connectivity index (χ0v) is 19.2. The minimum absolute atomic E-state index is 0.178. The van der Waals surface area contributed by atoms with Crippen LogP contribution in [0.5, 0.6) is 5.75 Å². The Balaban J connectivity index is 1.54. The van der Waals surface area contributed by atoms with Crippen LogP contribution in [0.15, 0.2) is 83.8 Å². The van der Waals surface area contributed by atoms with Crippen molar-refractivity contribution in [1.82, 2.24) is 0 Å². The Morgan fingerprint density at radius 1 is 0.938 bits per heavy atom. The fraction of sp³-hybridized carbons (Fsp3) is 0.222. The number of unbranched alkanes of at least 4 members (excludes halogenated alkanes) is 1. The quantitative estimate of drug-likeness (QED) is 0.201. The Morgan fingerprint density at radius 3 is 2.47 bits per heavy atom. The van der Waals surface area contributed by atoms with Gasteiger partial charge in [-0.25, -0.2) is 0 Å². The summed E-state index contributed by atoms with van der Waals surface area (Å²) in [6.07, 6.45) is 5.56. The van der Waals surface area contributed by atoms with Gasteiger partial charge >= 0.3 is 0 Å². The first-order valence-electron chi connectivity index (χ1n) is 10.8. The van der Waals surface area contributed by atoms with Gasteiger partial charge < -0.3 is 14.8 Å². The molecule has 0 fully saturated rings. The molecule has 32 heavy (non-hydrogen) atoms. The normalized spacial score (nSPS) is 10.9. The number of carbonyl (C=O) groups is 1. The van der Waals surface area contributed by atoms with E-state index in [0.29, 0.717) is 13.2 Å². The van der Waals surface area contributed by atoms with Crippen molar-refractivity contribution >= 4 is 30.3 Å². The molecule has 3 aromatic rings. The molecule has 4 nitrogen and oxygen atoms in total. The Hall–Kier alpha value is -3.02. The second-order valence-corrected chi connectivity index (χ2v) is 7.85. The standard InChI is InChI=1S/C27H29NO3S/c1-2-3-17-30-18-19-31-25-12-8-22(9-13-25)23-6-4-5-21(20-23)7-16-27(29)28-24-10-14-26(32)15-11-24/h4-16,20,32H,2-3,17-19H2,1H3,(H,28,29)/b16-7+. The fourth-order valence-corrected chi connectivity index (χ4v) is 3.18. The van der Waals surface area contributed by atoms with E-state index in [1.165, 1.54) is 6.08 Å². The summed E-state index contributed by atoms with van der Waals surface area (Å²) in [6, 6.07) is 23.4. The molecule has 0 aliphatic rings. The Morgan fingerprint density at radius 2 is 1.72 bits per heavy atom. The molecule has 0 spiro atoms. The number of thiol groups is 1. The molecule has 3 rings (SSSR count). The van der Waals surface area contributed by atoms with Crippen molar-refractivity contribution in [2.45, 2.75) is 24.7 Å². The van der Waals surface area contributed by atoms with Gasteiger partial charge in [-0.15, -0.1) is 12.6 Å². The van der Waals surface area contributed by atoms with Gasteiger partial charge in [-0.1, -0.05) is 43.7 Å². The fourth-order valence-electron chi connectivity index (χ4n) is 3.03. The summed E-state index contributed by atoms with van der Waals surface area (Å²) in [5.74, 6) is 0.647. The Kier molecular flexibility index (Phi) is 9.41. The van der Waals surface area contributed by atoms with Crippen LogP contribution in [0.2, 0.25) is 0 Å². The molecule has 0 atom stereocenters. The van der Waals surface area contributed by atoms with E-state index in [9.17, 15) is 4.79 Å². The second kappa shape index (κ2) is 12.7. The Bertz CT molecular complexity index is 1010. The molecule has 166 valence electrons. The monoisotopic (exact) mass is 447 g/mol. The van der Waals surface area contributed by atoms with Crippen molar-refractivity contribution in [3.8, 4) is 16.9 Å². The molecule has 0 aliphatic carbocycles. The lowest BCUT2D eigenvalue weighted by molar-refractivity contribution is -0.111. The smallest absolute Gasteiger partial charge is 0.248 e. The number of hydrogen-bond donors (Lipinski definition) is 2. The molecule has 3 aromatic carbocycles. The highest BCUT2D eigenvalue weighted by molar-refractivity contribution is 7.80. The van der Waals surface area contributed by atoms with E-state index in [-0.39, 0.29) is 5.91 Å². The largest absolute Gasteiger partial charge is 0.491 e. The summed E-state index contributed by atoms with van der Waals surface area (Å²) in [4.78, 5) is 13.0. The predicted molar refractivity (Wildman–Crippen MR) is 134 cm³/mol. The topological polar surface area (TPSA) is 47.6 Å². The zero-order valence-electron chi connectivity index (χ0n) is 18.3. The van der Waals surface area contributed by atoms with Gasteiger partial charge in [0.1, 0.15) is 12.4 Å². The number of ether oxygens (including phenoxy) is 2. The third-order valence-electron chi connectivity index (χ3n) is 4.77. The van der Waals surface area contributed by atoms with E-state index < -0.39 is 0 Å². The van der Waals surface area contributed by atoms with Crippen LogP contribution in [0.1, 0.15) is 25.3 Å². The van der Waals surface area contributed by atoms with E-state index in [1.807, 2.05) is 72.8 Å². The van der Waals surface area contributed by atoms with Crippen molar-refractivity contribution in [1.29, 1.82) is 0 Å². The van der Waals surface area contributed by atoms with Crippen LogP contribution in [0.3, 0.4) is 0 Å². The summed E-state index contributed by atoms with van der Waals surface area (Å²) in [5.41, 5.74) is 3.85. The molecule has 0 bridgehead atoms. The van der Waals surface area contributed by atoms with Gasteiger partial charge in [0.15, 0.2) is 0 Å². The third kappa shape index (κ3) is 7.91. The van der Waals surface area contributed by atoms with Crippen LogP contribution in [-0.2, 0) is 9.53 Å². The molecular weight excluding hydrogens is 418 g/mol. The number of anilines is 1. The highest BCUT2D eigenvalue weighted by atomic mass is 32.1. The van der Waals surface area contributed by atoms with Crippen LogP contribution >= 0.6 is 12.6 Å². The molecule has 0 radical (unpaired) electrons. The van der Waals surface area contributed by atoms with Crippen LogP contribution in [0.4, 0.5) is 5.69 Å². The number of amides is 1. The summed E-state index contributed by atoms with van der Waals surface area (Å²) in [7, 11) is 0. The van der Waals surface area contributed by atoms with Crippen molar-refractivity contribution in [2.75, 3.05) is 25.1 Å². The van der Waals surface area contributed by atoms with Gasteiger partial charge in [0.25, 0.3) is 0 Å². The first-order valence-corrected chi connectivity index (χ1v) is 11.3. The molecule has 0 saturated heterocycles. The van der Waals surface area contributed by atoms with Gasteiger partial charge in [0, 0.05) is 23.3 Å². The summed E-state index contributed by atoms with van der Waals surface area (Å²) < 4.78 is 11.3. The number of carbonyl (C=O) groups excluding carboxylic acids is 1. The van der Waals surface area contributed by atoms with Gasteiger partial charge in [-0.05, 0) is 71.7 Å². The van der Waals surface area contributed by atoms with E-state index in [4.69, 9.17) is 9.47 Å². The lowest BCUT2D eigenvalue weighted by Crippen LogP contribution is -2.07. The van der Waals surface area contributed by atoms with Crippen LogP contribution in [0, 0.1) is 0 Å². The molecule has 0 aliphatic heterocycles. The SMILES string of the molecule is CCCCOCCOc1ccc(-c2cccc(/C=C/C(=O)Nc3ccc(S)cc3)c2)cc1. The molecule has 0 unspecified atom stereocenters. The number of benzene rings is 3. The average Bonchev–Trinajstić information content (AvgIpc) is 2.82. The minimum atomic E-state index is -0.178. The molecule has 0 saturated carbocycles. The molecular formula is C27H29NO3S. The lowest BCUT2D eigenvalue weighted by Gasteiger charge is -2.08. The van der Waals surface area contributed by atoms with Crippen molar-refractivity contribution < 1.29 is 14.3 Å². The maximum atomic E-state index is 12.2. The molecule has 1 N–H and O–H groups in total. The molecule has 1 amide bonds. The summed E-state index contributed by atoms with van der Waals surface area (Å²) in [6.45, 7) is 4.08. The second-order valence-electron chi connectivity index (χ2n) is 7.33. The average molecular weight is 448 g/mol. The first-order chi connectivity index (χ1) is 15.6. The van der Waals surface area contributed by atoms with Gasteiger partial charge in [0.2, 0.25) is 5.91 Å². The highest BCUT2D eigenvalue weighted by Gasteiger charge is 2.02. The van der Waals surface area contributed by atoms with E-state index in [1.54, 1.807) is 0 Å². The first kappa shape index (κ1) is 23.6. The van der Waals surface area contributed by atoms with Gasteiger partial charge in [-0.3, -0.25) is 4.79 Å². The van der Waals surface area contributed by atoms with Crippen molar-refractivity contribution in [3.63, 3.8) is 0 Å². The van der Waals surface area contributed by atoms with Crippen molar-refractivity contribution in [2.24, 2.45) is 0 Å². The predicted octanol–water partition coefficient (Wildman–Crippen LogP) is 6.49. The number of nitrogens with one attached hydrogen (secondary N) is 1. The van der Waals surface area contributed by atoms with E-state index >= 15 is 0 Å². The van der Waals surface area contributed by atoms with Crippen LogP contribution in [0.25, 0.3) is 17.2 Å². The molecule has 0 aromatic heterocycles. The van der Waals surface area contributed by atoms with E-state index in [2.05, 4.69) is 30.9 Å². The van der Waals surface area contributed by atoms with Crippen LogP contribution in [-0.4, -0.2) is 25.7 Å². The highest BCUT2D eigenvalue weighted by Crippen LogP contribution is 2.24. The van der Waals surface area contributed by atoms with Crippen molar-refractivity contribution in [3.05, 3.63) is 84.4 Å². The maximum absolute atomic E-state index is 12.2. The van der Waals surface area contributed by atoms with E-state index in [0.717, 1.165) is 52.5 Å². The lowest BCUT2D eigenvalue weighted by atomic mass is 10.0. The van der Waals surface area contributed by atoms with Crippen LogP contribution < -0.4 is 10.1 Å². The number of rotatable bonds is 11. The Labute approximate surface area is 195 Å². The minimum Gasteiger partial charge on any atom is -0.491 e. The maximum Gasteiger partial charge on any atom is 0.248 e. The zero-order chi connectivity index (χ0) is 22.6. The molecule has 0 heterocycles. The van der Waals surface area contributed by atoms with Gasteiger partial charge in [-0.2, -0.15) is 0 Å². The van der Waals surface area contributed by atoms with Gasteiger partial charge in [0.05, 0.1) is 6.61 Å². The summed E-state index contributed by atoms with van der Waals surface area (Å²) >= 11 is 4.25. The summed E-state index contributed by atoms with van der Waals surface area (Å²) in [5, 5.41) is 2.84. The molecule has 5 heteroatoms.